The lowest BCUT2D eigenvalue weighted by atomic mass is 9.60. The van der Waals surface area contributed by atoms with E-state index in [2.05, 4.69) is 0 Å². The van der Waals surface area contributed by atoms with Gasteiger partial charge in [0.25, 0.3) is 0 Å². The zero-order valence-electron chi connectivity index (χ0n) is 18.4. The van der Waals surface area contributed by atoms with Gasteiger partial charge in [0.05, 0.1) is 14.2 Å². The fraction of sp³-hybridized carbons (Fsp3) is 0.143. The predicted molar refractivity (Wildman–Crippen MR) is 123 cm³/mol. The maximum Gasteiger partial charge on any atom is 0.161 e. The number of hydrogen-bond donors (Lipinski definition) is 0. The first-order chi connectivity index (χ1) is 16.6. The monoisotopic (exact) mass is 440 g/mol. The third-order valence-electron chi connectivity index (χ3n) is 6.68. The van der Waals surface area contributed by atoms with Gasteiger partial charge in [-0.3, -0.25) is 0 Å². The average molecular weight is 440 g/mol. The second-order valence-corrected chi connectivity index (χ2v) is 8.02. The molecule has 2 bridgehead atoms. The van der Waals surface area contributed by atoms with Crippen molar-refractivity contribution < 1.29 is 9.47 Å². The smallest absolute Gasteiger partial charge is 0.161 e. The van der Waals surface area contributed by atoms with Gasteiger partial charge in [-0.05, 0) is 45.5 Å². The molecular formula is C28H16N4O2. The van der Waals surface area contributed by atoms with E-state index in [0.717, 1.165) is 33.4 Å². The van der Waals surface area contributed by atoms with Crippen molar-refractivity contribution in [1.29, 1.82) is 21.0 Å². The van der Waals surface area contributed by atoms with Crippen LogP contribution in [-0.4, -0.2) is 14.2 Å². The molecule has 0 spiro atoms. The van der Waals surface area contributed by atoms with Crippen LogP contribution >= 0.6 is 0 Å². The molecule has 0 aromatic heterocycles. The van der Waals surface area contributed by atoms with Crippen LogP contribution in [0.5, 0.6) is 11.5 Å². The molecule has 0 radical (unpaired) electrons. The normalized spacial score (nSPS) is 15.8. The van der Waals surface area contributed by atoms with Gasteiger partial charge in [0.1, 0.15) is 35.4 Å². The number of nitrogens with zero attached hydrogens (tertiary/aromatic N) is 4. The highest BCUT2D eigenvalue weighted by molar-refractivity contribution is 5.80. The summed E-state index contributed by atoms with van der Waals surface area (Å²) in [6.07, 6.45) is 0. The van der Waals surface area contributed by atoms with Crippen molar-refractivity contribution in [2.45, 2.75) is 11.8 Å². The largest absolute Gasteiger partial charge is 0.493 e. The lowest BCUT2D eigenvalue weighted by Gasteiger charge is -2.43. The highest BCUT2D eigenvalue weighted by Gasteiger charge is 2.43. The minimum atomic E-state index is -0.309. The Labute approximate surface area is 196 Å². The summed E-state index contributed by atoms with van der Waals surface area (Å²) in [5.74, 6) is 0.542. The summed E-state index contributed by atoms with van der Waals surface area (Å²) in [5, 5.41) is 39.9. The molecule has 2 atom stereocenters. The molecule has 0 saturated heterocycles. The molecule has 0 saturated carbocycles. The van der Waals surface area contributed by atoms with Crippen molar-refractivity contribution in [2.75, 3.05) is 14.2 Å². The van der Waals surface area contributed by atoms with Gasteiger partial charge in [-0.2, -0.15) is 21.0 Å². The van der Waals surface area contributed by atoms with Crippen LogP contribution in [0, 0.1) is 45.3 Å². The molecule has 6 rings (SSSR count). The summed E-state index contributed by atoms with van der Waals surface area (Å²) in [4.78, 5) is 0. The molecule has 3 aromatic carbocycles. The van der Waals surface area contributed by atoms with E-state index in [0.29, 0.717) is 21.9 Å². The summed E-state index contributed by atoms with van der Waals surface area (Å²) in [7, 11) is 3.16. The summed E-state index contributed by atoms with van der Waals surface area (Å²) < 4.78 is 11.2. The van der Waals surface area contributed by atoms with E-state index in [4.69, 9.17) is 9.47 Å². The van der Waals surface area contributed by atoms with Gasteiger partial charge >= 0.3 is 0 Å². The second-order valence-electron chi connectivity index (χ2n) is 8.02. The molecule has 2 unspecified atom stereocenters. The molecule has 6 heteroatoms. The molecule has 0 aliphatic heterocycles. The van der Waals surface area contributed by atoms with Crippen molar-refractivity contribution in [2.24, 2.45) is 0 Å². The SMILES string of the molecule is COc1cc2c(cc1OC)C1c3ccccc3C2c2c1c(=C(C#N)C#N)ccc2=C(C#N)C#N. The van der Waals surface area contributed by atoms with Crippen molar-refractivity contribution in [3.05, 3.63) is 92.3 Å². The highest BCUT2D eigenvalue weighted by Crippen LogP contribution is 2.55. The molecule has 3 aliphatic carbocycles. The van der Waals surface area contributed by atoms with Crippen LogP contribution in [0.1, 0.15) is 45.2 Å². The molecule has 0 amide bonds. The van der Waals surface area contributed by atoms with Gasteiger partial charge < -0.3 is 9.47 Å². The van der Waals surface area contributed by atoms with Gasteiger partial charge in [0.2, 0.25) is 0 Å². The molecular weight excluding hydrogens is 424 g/mol. The number of ether oxygens (including phenoxy) is 2. The van der Waals surface area contributed by atoms with E-state index in [-0.39, 0.29) is 23.0 Å². The Hall–Kier alpha value is -5.04. The molecule has 0 N–H and O–H groups in total. The Morgan fingerprint density at radius 1 is 0.618 bits per heavy atom. The van der Waals surface area contributed by atoms with Crippen LogP contribution in [0.3, 0.4) is 0 Å². The standard InChI is InChI=1S/C28H16N4O2/c1-33-23-9-21-22(10-24(23)34-2)26-20-6-4-3-5-19(20)25(21)27-17(15(11-29)12-30)7-8-18(28(26)27)16(13-31)14-32/h3-10,25-26H,1-2H3. The van der Waals surface area contributed by atoms with Gasteiger partial charge in [-0.15, -0.1) is 0 Å². The number of rotatable bonds is 2. The van der Waals surface area contributed by atoms with E-state index >= 15 is 0 Å². The van der Waals surface area contributed by atoms with Gasteiger partial charge in [0.15, 0.2) is 11.5 Å². The summed E-state index contributed by atoms with van der Waals surface area (Å²) in [6.45, 7) is 0. The summed E-state index contributed by atoms with van der Waals surface area (Å²) >= 11 is 0. The van der Waals surface area contributed by atoms with Crippen molar-refractivity contribution in [1.82, 2.24) is 0 Å². The zero-order valence-corrected chi connectivity index (χ0v) is 18.4. The van der Waals surface area contributed by atoms with Crippen molar-refractivity contribution in [3.8, 4) is 35.8 Å². The Morgan fingerprint density at radius 2 is 1.00 bits per heavy atom. The van der Waals surface area contributed by atoms with Crippen LogP contribution in [0.25, 0.3) is 11.1 Å². The Bertz CT molecular complexity index is 1530. The summed E-state index contributed by atoms with van der Waals surface area (Å²) in [5.41, 5.74) is 5.63. The van der Waals surface area contributed by atoms with Crippen molar-refractivity contribution in [3.63, 3.8) is 0 Å². The summed E-state index contributed by atoms with van der Waals surface area (Å²) in [6, 6.07) is 23.3. The Balaban J connectivity index is 2.06. The first kappa shape index (κ1) is 20.8. The van der Waals surface area contributed by atoms with E-state index in [1.807, 2.05) is 60.7 Å². The van der Waals surface area contributed by atoms with Gasteiger partial charge in [0, 0.05) is 22.3 Å². The lowest BCUT2D eigenvalue weighted by Crippen LogP contribution is -2.38. The van der Waals surface area contributed by atoms with Gasteiger partial charge in [-0.1, -0.05) is 36.4 Å². The van der Waals surface area contributed by atoms with Crippen LogP contribution in [-0.2, 0) is 0 Å². The number of hydrogen-bond acceptors (Lipinski definition) is 6. The fourth-order valence-corrected chi connectivity index (χ4v) is 5.39. The predicted octanol–water partition coefficient (Wildman–Crippen LogP) is 3.09. The Kier molecular flexibility index (Phi) is 4.80. The number of methoxy groups -OCH3 is 2. The Morgan fingerprint density at radius 3 is 1.32 bits per heavy atom. The van der Waals surface area contributed by atoms with E-state index < -0.39 is 0 Å². The first-order valence-corrected chi connectivity index (χ1v) is 10.5. The first-order valence-electron chi connectivity index (χ1n) is 10.5. The lowest BCUT2D eigenvalue weighted by molar-refractivity contribution is 0.353. The minimum absolute atomic E-state index is 0.00896. The quantitative estimate of drug-likeness (QED) is 0.417. The number of nitriles is 4. The van der Waals surface area contributed by atoms with E-state index in [1.165, 1.54) is 0 Å². The maximum atomic E-state index is 9.71. The molecule has 3 aliphatic rings. The minimum Gasteiger partial charge on any atom is -0.493 e. The van der Waals surface area contributed by atoms with Crippen LogP contribution in [0.4, 0.5) is 0 Å². The van der Waals surface area contributed by atoms with Crippen LogP contribution in [0.2, 0.25) is 0 Å². The molecule has 6 nitrogen and oxygen atoms in total. The number of benzene rings is 3. The van der Waals surface area contributed by atoms with E-state index in [9.17, 15) is 21.0 Å². The fourth-order valence-electron chi connectivity index (χ4n) is 5.39. The third-order valence-corrected chi connectivity index (χ3v) is 6.68. The molecule has 0 fully saturated rings. The van der Waals surface area contributed by atoms with Crippen LogP contribution in [0.15, 0.2) is 48.5 Å². The maximum absolute atomic E-state index is 9.71. The highest BCUT2D eigenvalue weighted by atomic mass is 16.5. The average Bonchev–Trinajstić information content (AvgIpc) is 2.89. The van der Waals surface area contributed by atoms with E-state index in [1.54, 1.807) is 26.4 Å². The van der Waals surface area contributed by atoms with Gasteiger partial charge in [-0.25, -0.2) is 0 Å². The molecule has 160 valence electrons. The van der Waals surface area contributed by atoms with Crippen LogP contribution < -0.4 is 19.9 Å². The zero-order chi connectivity index (χ0) is 24.0. The topological polar surface area (TPSA) is 114 Å². The molecule has 3 aromatic rings. The third kappa shape index (κ3) is 2.64. The van der Waals surface area contributed by atoms with Crippen molar-refractivity contribution >= 4 is 11.1 Å². The molecule has 34 heavy (non-hydrogen) atoms. The second kappa shape index (κ2) is 7.83. The molecule has 0 heterocycles.